The fourth-order valence-electron chi connectivity index (χ4n) is 6.61. The number of allylic oxidation sites excluding steroid dienone is 3. The SMILES string of the molecule is COc1cc2cc(c1Cl)N(C)C(=O)C[C@H](OC(=O)[C@H](C)N(C)C(=O)CCSSC)[C@]1(C)O[C@H]1[C@H](C)[C@@H]1C[C@@](O)(NC(=O)O1)[C@H](OC)/C=C/C=C(/C)C2. The highest BCUT2D eigenvalue weighted by molar-refractivity contribution is 8.76. The molecule has 1 aromatic rings. The van der Waals surface area contributed by atoms with E-state index in [1.165, 1.54) is 31.1 Å². The normalized spacial score (nSPS) is 31.6. The minimum Gasteiger partial charge on any atom is -0.495 e. The zero-order valence-corrected chi connectivity index (χ0v) is 33.5. The molecule has 3 heterocycles. The second kappa shape index (κ2) is 17.5. The number of rotatable bonds is 9. The molecule has 0 aromatic heterocycles. The fraction of sp³-hybridized carbons (Fsp3) is 0.611. The fourth-order valence-corrected chi connectivity index (χ4v) is 8.09. The van der Waals surface area contributed by atoms with Crippen molar-refractivity contribution in [1.29, 1.82) is 0 Å². The van der Waals surface area contributed by atoms with E-state index in [1.807, 2.05) is 19.3 Å². The lowest BCUT2D eigenvalue weighted by atomic mass is 9.83. The number of methoxy groups -OCH3 is 2. The van der Waals surface area contributed by atoms with Crippen LogP contribution in [0.3, 0.4) is 0 Å². The quantitative estimate of drug-likeness (QED) is 0.151. The van der Waals surface area contributed by atoms with Gasteiger partial charge in [-0.2, -0.15) is 0 Å². The van der Waals surface area contributed by atoms with Gasteiger partial charge in [-0.05, 0) is 51.1 Å². The van der Waals surface area contributed by atoms with Crippen LogP contribution in [0, 0.1) is 5.92 Å². The van der Waals surface area contributed by atoms with E-state index in [0.717, 1.165) is 11.1 Å². The van der Waals surface area contributed by atoms with E-state index >= 15 is 0 Å². The third-order valence-corrected chi connectivity index (χ3v) is 12.2. The van der Waals surface area contributed by atoms with Gasteiger partial charge in [0.05, 0.1) is 25.3 Å². The summed E-state index contributed by atoms with van der Waals surface area (Å²) in [6.45, 7) is 7.02. The predicted molar refractivity (Wildman–Crippen MR) is 202 cm³/mol. The van der Waals surface area contributed by atoms with Crippen LogP contribution in [0.25, 0.3) is 0 Å². The molecule has 13 nitrogen and oxygen atoms in total. The summed E-state index contributed by atoms with van der Waals surface area (Å²) in [4.78, 5) is 56.2. The molecule has 2 fully saturated rings. The first-order chi connectivity index (χ1) is 24.5. The Bertz CT molecular complexity index is 1580. The van der Waals surface area contributed by atoms with Crippen molar-refractivity contribution in [2.45, 2.75) is 95.2 Å². The van der Waals surface area contributed by atoms with Crippen LogP contribution in [-0.2, 0) is 39.8 Å². The lowest BCUT2D eigenvalue weighted by molar-refractivity contribution is -0.161. The van der Waals surface area contributed by atoms with E-state index in [4.69, 9.17) is 35.3 Å². The van der Waals surface area contributed by atoms with E-state index in [0.29, 0.717) is 23.6 Å². The molecule has 2 saturated heterocycles. The highest BCUT2D eigenvalue weighted by Crippen LogP contribution is 2.49. The summed E-state index contributed by atoms with van der Waals surface area (Å²) in [6, 6.07) is 2.63. The van der Waals surface area contributed by atoms with E-state index in [9.17, 15) is 24.3 Å². The molecule has 4 rings (SSSR count). The predicted octanol–water partition coefficient (Wildman–Crippen LogP) is 4.92. The van der Waals surface area contributed by atoms with Gasteiger partial charge in [0, 0.05) is 45.7 Å². The number of fused-ring (bicyclic) bond motifs is 5. The van der Waals surface area contributed by atoms with Crippen molar-refractivity contribution in [2.75, 3.05) is 45.2 Å². The number of nitrogens with one attached hydrogen (secondary N) is 1. The lowest BCUT2D eigenvalue weighted by Gasteiger charge is -2.42. The number of halogens is 1. The third kappa shape index (κ3) is 9.40. The third-order valence-electron chi connectivity index (χ3n) is 10.0. The van der Waals surface area contributed by atoms with Gasteiger partial charge in [-0.1, -0.05) is 63.9 Å². The Hall–Kier alpha value is -2.95. The molecule has 52 heavy (non-hydrogen) atoms. The van der Waals surface area contributed by atoms with E-state index in [-0.39, 0.29) is 30.2 Å². The maximum Gasteiger partial charge on any atom is 0.409 e. The summed E-state index contributed by atoms with van der Waals surface area (Å²) in [5.74, 6) is -0.916. The largest absolute Gasteiger partial charge is 0.495 e. The Morgan fingerprint density at radius 3 is 2.63 bits per heavy atom. The smallest absolute Gasteiger partial charge is 0.409 e. The highest BCUT2D eigenvalue weighted by atomic mass is 35.5. The average molecular weight is 784 g/mol. The monoisotopic (exact) mass is 783 g/mol. The van der Waals surface area contributed by atoms with Crippen molar-refractivity contribution < 1.29 is 48.0 Å². The molecule has 8 atom stereocenters. The molecular formula is C36H50ClN3O10S2. The van der Waals surface area contributed by atoms with Crippen molar-refractivity contribution in [2.24, 2.45) is 5.92 Å². The van der Waals surface area contributed by atoms with Gasteiger partial charge >= 0.3 is 12.1 Å². The Morgan fingerprint density at radius 2 is 1.98 bits per heavy atom. The second-order valence-corrected chi connectivity index (χ2v) is 16.7. The topological polar surface area (TPSA) is 156 Å². The number of benzene rings is 1. The number of carbonyl (C=O) groups excluding carboxylic acids is 4. The van der Waals surface area contributed by atoms with Crippen molar-refractivity contribution in [3.63, 3.8) is 0 Å². The molecule has 2 N–H and O–H groups in total. The molecule has 0 radical (unpaired) electrons. The highest BCUT2D eigenvalue weighted by Gasteiger charge is 2.64. The number of ether oxygens (including phenoxy) is 5. The molecule has 4 bridgehead atoms. The van der Waals surface area contributed by atoms with Crippen molar-refractivity contribution >= 4 is 62.8 Å². The van der Waals surface area contributed by atoms with Crippen LogP contribution in [0.5, 0.6) is 5.75 Å². The summed E-state index contributed by atoms with van der Waals surface area (Å²) < 4.78 is 29.2. The number of hydrogen-bond acceptors (Lipinski definition) is 12. The summed E-state index contributed by atoms with van der Waals surface area (Å²) in [5, 5.41) is 14.5. The Morgan fingerprint density at radius 1 is 1.27 bits per heavy atom. The van der Waals surface area contributed by atoms with Crippen LogP contribution in [0.2, 0.25) is 5.02 Å². The molecule has 3 amide bonds. The van der Waals surface area contributed by atoms with Crippen LogP contribution in [-0.4, -0.2) is 116 Å². The first kappa shape index (κ1) is 41.8. The van der Waals surface area contributed by atoms with Gasteiger partial charge in [-0.15, -0.1) is 0 Å². The molecule has 288 valence electrons. The minimum absolute atomic E-state index is 0.0452. The Balaban J connectivity index is 1.74. The second-order valence-electron chi connectivity index (χ2n) is 13.6. The van der Waals surface area contributed by atoms with E-state index < -0.39 is 65.7 Å². The number of anilines is 1. The number of hydrogen-bond donors (Lipinski definition) is 2. The van der Waals surface area contributed by atoms with E-state index in [2.05, 4.69) is 5.32 Å². The zero-order chi connectivity index (χ0) is 38.5. The van der Waals surface area contributed by atoms with Crippen molar-refractivity contribution in [1.82, 2.24) is 10.2 Å². The molecule has 16 heteroatoms. The standard InChI is InChI=1S/C36H50ClN3O10S2/c1-20-11-10-12-27(47-8)36(45)19-26(48-34(44)38-36)21(2)32-35(4,50-32)28(49-33(43)22(3)39(5)29(41)13-14-52-51-9)18-30(42)40(6)24-16-23(15-20)17-25(46-7)31(24)37/h10-12,16-17,21-22,26-28,32,45H,13-15,18-19H2,1-9H3,(H,38,44)/b12-10+,20-11-/t21-,22+,26+,27-,28+,32+,35+,36+/m1/s1. The number of alkyl carbamates (subject to hydrolysis) is 1. The maximum absolute atomic E-state index is 14.1. The van der Waals surface area contributed by atoms with Crippen molar-refractivity contribution in [3.05, 3.63) is 46.5 Å². The molecular weight excluding hydrogens is 734 g/mol. The molecule has 0 spiro atoms. The molecule has 1 aromatic carbocycles. The van der Waals surface area contributed by atoms with Crippen LogP contribution in [0.1, 0.15) is 52.5 Å². The first-order valence-corrected chi connectivity index (χ1v) is 20.1. The van der Waals surface area contributed by atoms with Gasteiger partial charge in [-0.25, -0.2) is 9.59 Å². The number of esters is 1. The summed E-state index contributed by atoms with van der Waals surface area (Å²) in [6.07, 6.45) is 3.17. The zero-order valence-electron chi connectivity index (χ0n) is 31.1. The first-order valence-electron chi connectivity index (χ1n) is 17.0. The number of epoxide rings is 1. The maximum atomic E-state index is 14.1. The van der Waals surface area contributed by atoms with Crippen LogP contribution < -0.4 is 15.0 Å². The number of nitrogens with zero attached hydrogens (tertiary/aromatic N) is 2. The number of amides is 3. The van der Waals surface area contributed by atoms with Crippen LogP contribution in [0.15, 0.2) is 35.9 Å². The molecule has 0 saturated carbocycles. The van der Waals surface area contributed by atoms with Crippen molar-refractivity contribution in [3.8, 4) is 5.75 Å². The minimum atomic E-state index is -1.82. The summed E-state index contributed by atoms with van der Waals surface area (Å²) in [7, 11) is 9.14. The molecule has 0 aliphatic carbocycles. The summed E-state index contributed by atoms with van der Waals surface area (Å²) in [5.41, 5.74) is -0.884. The van der Waals surface area contributed by atoms with Gasteiger partial charge in [0.25, 0.3) is 0 Å². The average Bonchev–Trinajstić information content (AvgIpc) is 3.80. The van der Waals surface area contributed by atoms with Crippen LogP contribution >= 0.6 is 33.2 Å². The number of likely N-dealkylation sites (N-methyl/N-ethyl adjacent to an activating group) is 1. The lowest BCUT2D eigenvalue weighted by Crippen LogP contribution is -2.63. The molecule has 3 aliphatic heterocycles. The summed E-state index contributed by atoms with van der Waals surface area (Å²) >= 11 is 6.75. The van der Waals surface area contributed by atoms with Gasteiger partial charge in [-0.3, -0.25) is 14.9 Å². The number of carbonyl (C=O) groups is 4. The number of aliphatic hydroxyl groups is 1. The van der Waals surface area contributed by atoms with Gasteiger partial charge in [0.2, 0.25) is 11.8 Å². The Labute approximate surface area is 318 Å². The van der Waals surface area contributed by atoms with E-state index in [1.54, 1.807) is 73.7 Å². The molecule has 3 aliphatic rings. The Kier molecular flexibility index (Phi) is 14.0. The van der Waals surface area contributed by atoms with Gasteiger partial charge in [0.1, 0.15) is 40.7 Å². The van der Waals surface area contributed by atoms with Crippen LogP contribution in [0.4, 0.5) is 10.5 Å². The molecule has 0 unspecified atom stereocenters. The van der Waals surface area contributed by atoms with Gasteiger partial charge in [0.15, 0.2) is 5.72 Å². The van der Waals surface area contributed by atoms with Gasteiger partial charge < -0.3 is 38.6 Å².